The maximum Gasteiger partial charge on any atom is 0.410 e. The molecule has 0 N–H and O–H groups in total. The van der Waals surface area contributed by atoms with Crippen LogP contribution in [0, 0.1) is 0 Å². The summed E-state index contributed by atoms with van der Waals surface area (Å²) < 4.78 is 10.8. The molecule has 1 aromatic rings. The summed E-state index contributed by atoms with van der Waals surface area (Å²) >= 11 is 0. The normalized spacial score (nSPS) is 20.4. The van der Waals surface area contributed by atoms with Gasteiger partial charge in [0.15, 0.2) is 0 Å². The predicted octanol–water partition coefficient (Wildman–Crippen LogP) is 4.16. The Morgan fingerprint density at radius 1 is 1.30 bits per heavy atom. The molecule has 1 atom stereocenters. The largest absolute Gasteiger partial charge is 0.504 e. The van der Waals surface area contributed by atoms with Crippen LogP contribution in [0.1, 0.15) is 39.2 Å². The van der Waals surface area contributed by atoms with Crippen LogP contribution in [0.5, 0.6) is 0 Å². The van der Waals surface area contributed by atoms with Gasteiger partial charge in [0, 0.05) is 6.54 Å². The fraction of sp³-hybridized carbons (Fsp3) is 0.526. The Kier molecular flexibility index (Phi) is 5.69. The van der Waals surface area contributed by atoms with Crippen molar-refractivity contribution in [2.24, 2.45) is 0 Å². The van der Waals surface area contributed by atoms with E-state index in [0.29, 0.717) is 6.54 Å². The van der Waals surface area contributed by atoms with E-state index in [2.05, 4.69) is 12.1 Å². The van der Waals surface area contributed by atoms with Crippen LogP contribution in [-0.2, 0) is 15.9 Å². The minimum atomic E-state index is -0.489. The first kappa shape index (κ1) is 17.4. The summed E-state index contributed by atoms with van der Waals surface area (Å²) in [5.41, 5.74) is 1.86. The quantitative estimate of drug-likeness (QED) is 0.786. The van der Waals surface area contributed by atoms with E-state index >= 15 is 0 Å². The first-order chi connectivity index (χ1) is 10.9. The van der Waals surface area contributed by atoms with Crippen molar-refractivity contribution < 1.29 is 14.3 Å². The number of piperidine rings is 1. The van der Waals surface area contributed by atoms with Crippen molar-refractivity contribution in [3.63, 3.8) is 0 Å². The monoisotopic (exact) mass is 317 g/mol. The Morgan fingerprint density at radius 2 is 2.00 bits per heavy atom. The molecular formula is C19H27NO3. The lowest BCUT2D eigenvalue weighted by molar-refractivity contribution is 0.0155. The summed E-state index contributed by atoms with van der Waals surface area (Å²) in [5, 5.41) is 0. The number of carbonyl (C=O) groups excluding carboxylic acids is 1. The number of hydrogen-bond donors (Lipinski definition) is 0. The highest BCUT2D eigenvalue weighted by Gasteiger charge is 2.33. The van der Waals surface area contributed by atoms with Gasteiger partial charge in [-0.15, -0.1) is 0 Å². The summed E-state index contributed by atoms with van der Waals surface area (Å²) in [5.74, 6) is 0. The summed E-state index contributed by atoms with van der Waals surface area (Å²) in [6, 6.07) is 10.2. The summed E-state index contributed by atoms with van der Waals surface area (Å²) in [4.78, 5) is 14.4. The number of amides is 1. The van der Waals surface area contributed by atoms with E-state index in [9.17, 15) is 4.79 Å². The van der Waals surface area contributed by atoms with Crippen molar-refractivity contribution in [2.75, 3.05) is 13.7 Å². The molecule has 0 radical (unpaired) electrons. The van der Waals surface area contributed by atoms with Crippen LogP contribution < -0.4 is 0 Å². The van der Waals surface area contributed by atoms with Gasteiger partial charge in [0.1, 0.15) is 5.60 Å². The zero-order valence-electron chi connectivity index (χ0n) is 14.5. The molecule has 1 saturated heterocycles. The molecule has 0 bridgehead atoms. The Hall–Kier alpha value is -1.97. The van der Waals surface area contributed by atoms with Crippen molar-refractivity contribution in [3.8, 4) is 0 Å². The third-order valence-corrected chi connectivity index (χ3v) is 3.84. The maximum atomic E-state index is 12.6. The molecule has 1 amide bonds. The molecule has 1 aromatic carbocycles. The lowest BCUT2D eigenvalue weighted by atomic mass is 9.91. The fourth-order valence-corrected chi connectivity index (χ4v) is 2.88. The van der Waals surface area contributed by atoms with Crippen LogP contribution in [0.4, 0.5) is 4.79 Å². The molecule has 4 heteroatoms. The van der Waals surface area contributed by atoms with Crippen LogP contribution in [0.15, 0.2) is 42.2 Å². The third-order valence-electron chi connectivity index (χ3n) is 3.84. The van der Waals surface area contributed by atoms with Crippen LogP contribution in [0.2, 0.25) is 0 Å². The topological polar surface area (TPSA) is 38.8 Å². The zero-order valence-corrected chi connectivity index (χ0v) is 14.5. The molecule has 0 spiro atoms. The Bertz CT molecular complexity index is 545. The molecule has 1 aliphatic rings. The molecule has 23 heavy (non-hydrogen) atoms. The second-order valence-corrected chi connectivity index (χ2v) is 6.91. The number of rotatable bonds is 3. The second-order valence-electron chi connectivity index (χ2n) is 6.91. The summed E-state index contributed by atoms with van der Waals surface area (Å²) in [6.45, 7) is 6.40. The van der Waals surface area contributed by atoms with E-state index in [4.69, 9.17) is 9.47 Å². The highest BCUT2D eigenvalue weighted by atomic mass is 16.6. The number of likely N-dealkylation sites (tertiary alicyclic amines) is 1. The van der Waals surface area contributed by atoms with Gasteiger partial charge < -0.3 is 14.4 Å². The van der Waals surface area contributed by atoms with Gasteiger partial charge in [0.2, 0.25) is 0 Å². The number of benzene rings is 1. The molecule has 1 heterocycles. The Labute approximate surface area is 139 Å². The van der Waals surface area contributed by atoms with Crippen molar-refractivity contribution in [3.05, 3.63) is 47.7 Å². The number of hydrogen-bond acceptors (Lipinski definition) is 3. The molecule has 4 nitrogen and oxygen atoms in total. The van der Waals surface area contributed by atoms with Gasteiger partial charge in [0.05, 0.1) is 19.4 Å². The molecule has 126 valence electrons. The average molecular weight is 317 g/mol. The fourth-order valence-electron chi connectivity index (χ4n) is 2.88. The van der Waals surface area contributed by atoms with Gasteiger partial charge in [-0.05, 0) is 51.2 Å². The lowest BCUT2D eigenvalue weighted by Crippen LogP contribution is -2.48. The van der Waals surface area contributed by atoms with E-state index < -0.39 is 5.60 Å². The minimum absolute atomic E-state index is 0.0130. The molecule has 0 aliphatic carbocycles. The molecular weight excluding hydrogens is 290 g/mol. The highest BCUT2D eigenvalue weighted by Crippen LogP contribution is 2.27. The van der Waals surface area contributed by atoms with E-state index in [1.54, 1.807) is 13.4 Å². The van der Waals surface area contributed by atoms with Gasteiger partial charge in [-0.1, -0.05) is 30.3 Å². The predicted molar refractivity (Wildman–Crippen MR) is 91.2 cm³/mol. The van der Waals surface area contributed by atoms with Crippen molar-refractivity contribution in [2.45, 2.75) is 51.7 Å². The number of carbonyl (C=O) groups is 1. The second kappa shape index (κ2) is 7.53. The van der Waals surface area contributed by atoms with Crippen LogP contribution in [0.25, 0.3) is 0 Å². The SMILES string of the molecule is CO/C=C1/CCCN(C(=O)OC(C)(C)C)C1Cc1ccccc1. The molecule has 1 unspecified atom stereocenters. The number of nitrogens with zero attached hydrogens (tertiary/aromatic N) is 1. The van der Waals surface area contributed by atoms with Crippen molar-refractivity contribution in [1.82, 2.24) is 4.90 Å². The first-order valence-electron chi connectivity index (χ1n) is 8.16. The Morgan fingerprint density at radius 3 is 2.61 bits per heavy atom. The van der Waals surface area contributed by atoms with E-state index in [1.807, 2.05) is 43.9 Å². The number of ether oxygens (including phenoxy) is 2. The van der Waals surface area contributed by atoms with Gasteiger partial charge >= 0.3 is 6.09 Å². The molecule has 0 aromatic heterocycles. The van der Waals surface area contributed by atoms with Crippen LogP contribution in [0.3, 0.4) is 0 Å². The zero-order chi connectivity index (χ0) is 16.9. The third kappa shape index (κ3) is 5.02. The van der Waals surface area contributed by atoms with E-state index in [0.717, 1.165) is 24.8 Å². The summed E-state index contributed by atoms with van der Waals surface area (Å²) in [7, 11) is 1.65. The molecule has 1 fully saturated rings. The molecule has 1 aliphatic heterocycles. The smallest absolute Gasteiger partial charge is 0.410 e. The average Bonchev–Trinajstić information content (AvgIpc) is 2.48. The lowest BCUT2D eigenvalue weighted by Gasteiger charge is -2.38. The van der Waals surface area contributed by atoms with E-state index in [1.165, 1.54) is 5.56 Å². The molecule has 2 rings (SSSR count). The van der Waals surface area contributed by atoms with Crippen LogP contribution in [-0.4, -0.2) is 36.3 Å². The maximum absolute atomic E-state index is 12.6. The van der Waals surface area contributed by atoms with Gasteiger partial charge in [-0.2, -0.15) is 0 Å². The molecule has 0 saturated carbocycles. The van der Waals surface area contributed by atoms with Crippen molar-refractivity contribution in [1.29, 1.82) is 0 Å². The Balaban J connectivity index is 2.23. The van der Waals surface area contributed by atoms with Gasteiger partial charge in [-0.3, -0.25) is 0 Å². The summed E-state index contributed by atoms with van der Waals surface area (Å²) in [6.07, 6.45) is 4.18. The first-order valence-corrected chi connectivity index (χ1v) is 8.16. The highest BCUT2D eigenvalue weighted by molar-refractivity contribution is 5.69. The van der Waals surface area contributed by atoms with Gasteiger partial charge in [-0.25, -0.2) is 4.79 Å². The van der Waals surface area contributed by atoms with Crippen molar-refractivity contribution >= 4 is 6.09 Å². The van der Waals surface area contributed by atoms with Crippen LogP contribution >= 0.6 is 0 Å². The van der Waals surface area contributed by atoms with E-state index in [-0.39, 0.29) is 12.1 Å². The van der Waals surface area contributed by atoms with Gasteiger partial charge in [0.25, 0.3) is 0 Å². The number of methoxy groups -OCH3 is 1. The standard InChI is InChI=1S/C19H27NO3/c1-19(2,3)23-18(21)20-12-8-11-16(14-22-4)17(20)13-15-9-6-5-7-10-15/h5-7,9-10,14,17H,8,11-13H2,1-4H3/b16-14-. The minimum Gasteiger partial charge on any atom is -0.504 e.